The summed E-state index contributed by atoms with van der Waals surface area (Å²) in [6.45, 7) is 3.17. The summed E-state index contributed by atoms with van der Waals surface area (Å²) >= 11 is 0. The molecule has 21 heavy (non-hydrogen) atoms. The van der Waals surface area contributed by atoms with E-state index in [1.165, 1.54) is 6.92 Å². The number of carbonyl (C=O) groups excluding carboxylic acids is 2. The van der Waals surface area contributed by atoms with Crippen molar-refractivity contribution in [1.29, 1.82) is 0 Å². The van der Waals surface area contributed by atoms with E-state index in [4.69, 9.17) is 4.74 Å². The highest BCUT2D eigenvalue weighted by molar-refractivity contribution is 6.01. The summed E-state index contributed by atoms with van der Waals surface area (Å²) in [4.78, 5) is 23.1. The third kappa shape index (κ3) is 4.18. The van der Waals surface area contributed by atoms with Crippen LogP contribution in [0.25, 0.3) is 0 Å². The van der Waals surface area contributed by atoms with E-state index < -0.39 is 0 Å². The number of benzene rings is 2. The third-order valence-corrected chi connectivity index (χ3v) is 2.95. The Morgan fingerprint density at radius 2 is 1.62 bits per heavy atom. The molecule has 0 aromatic heterocycles. The molecule has 1 atom stereocenters. The van der Waals surface area contributed by atoms with Gasteiger partial charge < -0.3 is 10.1 Å². The maximum Gasteiger partial charge on any atom is 0.308 e. The highest BCUT2D eigenvalue weighted by Crippen LogP contribution is 2.17. The van der Waals surface area contributed by atoms with Gasteiger partial charge in [0.15, 0.2) is 5.78 Å². The zero-order chi connectivity index (χ0) is 15.2. The first-order valence-corrected chi connectivity index (χ1v) is 6.70. The Hall–Kier alpha value is -2.62. The molecule has 1 unspecified atom stereocenters. The number of hydrogen-bond donors (Lipinski definition) is 1. The Morgan fingerprint density at radius 3 is 2.19 bits per heavy atom. The molecule has 0 fully saturated rings. The van der Waals surface area contributed by atoms with Gasteiger partial charge in [-0.25, -0.2) is 0 Å². The number of nitrogens with one attached hydrogen (secondary N) is 1. The molecule has 0 aliphatic heterocycles. The van der Waals surface area contributed by atoms with Crippen LogP contribution >= 0.6 is 0 Å². The Morgan fingerprint density at radius 1 is 1.00 bits per heavy atom. The third-order valence-electron chi connectivity index (χ3n) is 2.95. The second-order valence-electron chi connectivity index (χ2n) is 4.71. The Bertz CT molecular complexity index is 620. The minimum absolute atomic E-state index is 0.0275. The molecule has 0 amide bonds. The maximum absolute atomic E-state index is 12.2. The molecule has 2 aromatic rings. The Labute approximate surface area is 123 Å². The van der Waals surface area contributed by atoms with Gasteiger partial charge in [-0.15, -0.1) is 0 Å². The summed E-state index contributed by atoms with van der Waals surface area (Å²) in [7, 11) is 0. The van der Waals surface area contributed by atoms with Crippen LogP contribution < -0.4 is 10.1 Å². The van der Waals surface area contributed by atoms with Gasteiger partial charge in [0.1, 0.15) is 5.75 Å². The number of ether oxygens (including phenoxy) is 1. The van der Waals surface area contributed by atoms with Gasteiger partial charge in [-0.05, 0) is 31.2 Å². The first-order chi connectivity index (χ1) is 10.1. The van der Waals surface area contributed by atoms with E-state index in [-0.39, 0.29) is 17.8 Å². The molecule has 4 heteroatoms. The molecule has 0 aliphatic carbocycles. The SMILES string of the molecule is CC(=O)Oc1ccc(NC(C)C(=O)c2ccccc2)cc1. The van der Waals surface area contributed by atoms with Crippen LogP contribution in [-0.4, -0.2) is 17.8 Å². The van der Waals surface area contributed by atoms with Gasteiger partial charge in [0.05, 0.1) is 6.04 Å². The monoisotopic (exact) mass is 283 g/mol. The molecule has 0 saturated carbocycles. The summed E-state index contributed by atoms with van der Waals surface area (Å²) < 4.78 is 4.96. The van der Waals surface area contributed by atoms with Crippen molar-refractivity contribution in [3.8, 4) is 5.75 Å². The minimum atomic E-state index is -0.358. The van der Waals surface area contributed by atoms with Crippen molar-refractivity contribution in [3.63, 3.8) is 0 Å². The van der Waals surface area contributed by atoms with E-state index in [2.05, 4.69) is 5.32 Å². The fraction of sp³-hybridized carbons (Fsp3) is 0.176. The predicted molar refractivity (Wildman–Crippen MR) is 81.6 cm³/mol. The quantitative estimate of drug-likeness (QED) is 0.519. The smallest absolute Gasteiger partial charge is 0.308 e. The molecule has 0 bridgehead atoms. The molecule has 0 saturated heterocycles. The largest absolute Gasteiger partial charge is 0.427 e. The summed E-state index contributed by atoms with van der Waals surface area (Å²) in [5.74, 6) is 0.151. The van der Waals surface area contributed by atoms with Gasteiger partial charge in [0, 0.05) is 18.2 Å². The van der Waals surface area contributed by atoms with Gasteiger partial charge in [-0.3, -0.25) is 9.59 Å². The standard InChI is InChI=1S/C17H17NO3/c1-12(17(20)14-6-4-3-5-7-14)18-15-8-10-16(11-9-15)21-13(2)19/h3-12,18H,1-2H3. The highest BCUT2D eigenvalue weighted by Gasteiger charge is 2.14. The molecular weight excluding hydrogens is 266 g/mol. The number of Topliss-reactive ketones (excluding diaryl/α,β-unsaturated/α-hetero) is 1. The van der Waals surface area contributed by atoms with Crippen LogP contribution in [0.1, 0.15) is 24.2 Å². The highest BCUT2D eigenvalue weighted by atomic mass is 16.5. The van der Waals surface area contributed by atoms with Gasteiger partial charge in [0.2, 0.25) is 0 Å². The summed E-state index contributed by atoms with van der Waals surface area (Å²) in [6.07, 6.45) is 0. The van der Waals surface area contributed by atoms with Crippen molar-refractivity contribution in [1.82, 2.24) is 0 Å². The van der Waals surface area contributed by atoms with Crippen LogP contribution in [0.4, 0.5) is 5.69 Å². The molecule has 4 nitrogen and oxygen atoms in total. The van der Waals surface area contributed by atoms with E-state index in [0.717, 1.165) is 5.69 Å². The predicted octanol–water partition coefficient (Wildman–Crippen LogP) is 3.30. The van der Waals surface area contributed by atoms with E-state index in [0.29, 0.717) is 11.3 Å². The molecule has 2 aromatic carbocycles. The Balaban J connectivity index is 2.01. The molecular formula is C17H17NO3. The lowest BCUT2D eigenvalue weighted by Crippen LogP contribution is -2.26. The second-order valence-corrected chi connectivity index (χ2v) is 4.71. The molecule has 108 valence electrons. The number of carbonyl (C=O) groups is 2. The lowest BCUT2D eigenvalue weighted by molar-refractivity contribution is -0.131. The van der Waals surface area contributed by atoms with Gasteiger partial charge in [0.25, 0.3) is 0 Å². The zero-order valence-electron chi connectivity index (χ0n) is 12.0. The molecule has 1 N–H and O–H groups in total. The van der Waals surface area contributed by atoms with E-state index >= 15 is 0 Å². The normalized spacial score (nSPS) is 11.5. The van der Waals surface area contributed by atoms with Crippen molar-refractivity contribution in [2.24, 2.45) is 0 Å². The lowest BCUT2D eigenvalue weighted by Gasteiger charge is -2.14. The van der Waals surface area contributed by atoms with Crippen LogP contribution in [0.5, 0.6) is 5.75 Å². The Kier molecular flexibility index (Phi) is 4.72. The number of esters is 1. The van der Waals surface area contributed by atoms with Crippen molar-refractivity contribution in [2.45, 2.75) is 19.9 Å². The molecule has 0 spiro atoms. The number of rotatable bonds is 5. The van der Waals surface area contributed by atoms with Crippen LogP contribution in [0.3, 0.4) is 0 Å². The van der Waals surface area contributed by atoms with Crippen LogP contribution in [0.15, 0.2) is 54.6 Å². The maximum atomic E-state index is 12.2. The minimum Gasteiger partial charge on any atom is -0.427 e. The molecule has 0 heterocycles. The van der Waals surface area contributed by atoms with E-state index in [1.54, 1.807) is 36.4 Å². The summed E-state index contributed by atoms with van der Waals surface area (Å²) in [5.41, 5.74) is 1.47. The first-order valence-electron chi connectivity index (χ1n) is 6.70. The van der Waals surface area contributed by atoms with Crippen LogP contribution in [0, 0.1) is 0 Å². The summed E-state index contributed by atoms with van der Waals surface area (Å²) in [5, 5.41) is 3.13. The van der Waals surface area contributed by atoms with Crippen molar-refractivity contribution in [2.75, 3.05) is 5.32 Å². The average Bonchev–Trinajstić information content (AvgIpc) is 2.49. The average molecular weight is 283 g/mol. The van der Waals surface area contributed by atoms with E-state index in [1.807, 2.05) is 25.1 Å². The molecule has 0 radical (unpaired) electrons. The fourth-order valence-electron chi connectivity index (χ4n) is 1.95. The van der Waals surface area contributed by atoms with Gasteiger partial charge in [-0.1, -0.05) is 30.3 Å². The van der Waals surface area contributed by atoms with Crippen LogP contribution in [-0.2, 0) is 4.79 Å². The van der Waals surface area contributed by atoms with Gasteiger partial charge in [-0.2, -0.15) is 0 Å². The van der Waals surface area contributed by atoms with Crippen molar-refractivity contribution >= 4 is 17.4 Å². The fourth-order valence-corrected chi connectivity index (χ4v) is 1.95. The van der Waals surface area contributed by atoms with Crippen LogP contribution in [0.2, 0.25) is 0 Å². The topological polar surface area (TPSA) is 55.4 Å². The second kappa shape index (κ2) is 6.70. The lowest BCUT2D eigenvalue weighted by atomic mass is 10.1. The van der Waals surface area contributed by atoms with Crippen molar-refractivity contribution < 1.29 is 14.3 Å². The number of hydrogen-bond acceptors (Lipinski definition) is 4. The number of anilines is 1. The first kappa shape index (κ1) is 14.8. The van der Waals surface area contributed by atoms with Gasteiger partial charge >= 0.3 is 5.97 Å². The molecule has 2 rings (SSSR count). The number of ketones is 1. The zero-order valence-corrected chi connectivity index (χ0v) is 12.0. The summed E-state index contributed by atoms with van der Waals surface area (Å²) in [6, 6.07) is 15.7. The van der Waals surface area contributed by atoms with Crippen molar-refractivity contribution in [3.05, 3.63) is 60.2 Å². The van der Waals surface area contributed by atoms with E-state index in [9.17, 15) is 9.59 Å². The molecule has 0 aliphatic rings.